The van der Waals surface area contributed by atoms with Crippen molar-refractivity contribution in [1.29, 1.82) is 0 Å². The van der Waals surface area contributed by atoms with Gasteiger partial charge in [0.2, 0.25) is 11.4 Å². The largest absolute Gasteiger partial charge is 0.543 e. The fraction of sp³-hybridized carbons (Fsp3) is 0.448. The van der Waals surface area contributed by atoms with Gasteiger partial charge in [-0.1, -0.05) is 71.9 Å². The fourth-order valence-corrected chi connectivity index (χ4v) is 4.64. The lowest BCUT2D eigenvalue weighted by Gasteiger charge is -2.36. The van der Waals surface area contributed by atoms with Gasteiger partial charge in [-0.05, 0) is 54.0 Å². The van der Waals surface area contributed by atoms with Crippen molar-refractivity contribution in [1.82, 2.24) is 9.97 Å². The Hall–Kier alpha value is -2.85. The number of hydrogen-bond donors (Lipinski definition) is 1. The highest BCUT2D eigenvalue weighted by Crippen LogP contribution is 2.38. The molecule has 0 atom stereocenters. The second-order valence-electron chi connectivity index (χ2n) is 12.2. The average molecular weight is 541 g/mol. The van der Waals surface area contributed by atoms with Crippen molar-refractivity contribution < 1.29 is 13.6 Å². The molecule has 1 N–H and O–H groups in total. The van der Waals surface area contributed by atoms with Crippen LogP contribution in [0.1, 0.15) is 47.1 Å². The molecule has 0 radical (unpaired) electrons. The van der Waals surface area contributed by atoms with E-state index in [0.29, 0.717) is 12.5 Å². The third kappa shape index (κ3) is 9.51. The Bertz CT molecular complexity index is 1140. The van der Waals surface area contributed by atoms with Gasteiger partial charge in [-0.2, -0.15) is 0 Å². The highest BCUT2D eigenvalue weighted by molar-refractivity contribution is 6.75. The summed E-state index contributed by atoms with van der Waals surface area (Å²) in [7, 11) is -3.60. The molecule has 37 heavy (non-hydrogen) atoms. The summed E-state index contributed by atoms with van der Waals surface area (Å²) in [4.78, 5) is 17.8. The molecule has 0 aliphatic heterocycles. The summed E-state index contributed by atoms with van der Waals surface area (Å²) in [5, 5.41) is 0.346. The normalized spacial score (nSPS) is 12.3. The van der Waals surface area contributed by atoms with Gasteiger partial charge in [-0.15, -0.1) is 0 Å². The first-order valence-electron chi connectivity index (χ1n) is 12.7. The van der Waals surface area contributed by atoms with Crippen LogP contribution in [-0.4, -0.2) is 26.6 Å². The van der Waals surface area contributed by atoms with Crippen LogP contribution >= 0.6 is 0 Å². The van der Waals surface area contributed by atoms with Gasteiger partial charge in [0, 0.05) is 18.3 Å². The zero-order valence-corrected chi connectivity index (χ0v) is 26.1. The van der Waals surface area contributed by atoms with Crippen molar-refractivity contribution in [3.05, 3.63) is 82.9 Å². The highest BCUT2D eigenvalue weighted by Gasteiger charge is 2.39. The third-order valence-electron chi connectivity index (χ3n) is 7.05. The van der Waals surface area contributed by atoms with Crippen molar-refractivity contribution in [3.8, 4) is 17.4 Å². The summed E-state index contributed by atoms with van der Waals surface area (Å²) >= 11 is 0. The number of ether oxygens (including phenoxy) is 1. The standard InChI is InChI=1S/C18H25NO2Si.C11H19NO2Si/c1-18(2,3)22(4,5)21-16-11-12-17(19-13-16)20-14-15-9-7-6-8-10-15;1-11(2,3)15(4,5)14-9-6-7-10(13)12-8-9/h6-13H,14H2,1-5H3;6-8H,1-5H3,(H,12,13). The molecule has 202 valence electrons. The van der Waals surface area contributed by atoms with Gasteiger partial charge in [0.05, 0.1) is 6.20 Å². The van der Waals surface area contributed by atoms with Crippen LogP contribution in [0, 0.1) is 0 Å². The zero-order valence-electron chi connectivity index (χ0n) is 24.1. The molecular formula is C29H44N2O4Si2. The van der Waals surface area contributed by atoms with E-state index < -0.39 is 16.6 Å². The number of aromatic nitrogens is 2. The lowest BCUT2D eigenvalue weighted by Crippen LogP contribution is -2.43. The maximum atomic E-state index is 10.9. The van der Waals surface area contributed by atoms with E-state index >= 15 is 0 Å². The molecule has 3 aromatic rings. The molecule has 0 aliphatic carbocycles. The van der Waals surface area contributed by atoms with Gasteiger partial charge in [0.1, 0.15) is 18.1 Å². The SMILES string of the molecule is CC(C)(C)[Si](C)(C)Oc1ccc(=O)[nH]c1.CC(C)(C)[Si](C)(C)Oc1ccc(OCc2ccccc2)nc1. The number of aromatic amines is 1. The van der Waals surface area contributed by atoms with Crippen molar-refractivity contribution in [2.75, 3.05) is 0 Å². The minimum Gasteiger partial charge on any atom is -0.543 e. The first-order valence-corrected chi connectivity index (χ1v) is 18.5. The summed E-state index contributed by atoms with van der Waals surface area (Å²) in [5.74, 6) is 2.19. The molecule has 0 fully saturated rings. The molecule has 0 amide bonds. The molecular weight excluding hydrogens is 497 g/mol. The van der Waals surface area contributed by atoms with Gasteiger partial charge in [-0.3, -0.25) is 4.79 Å². The van der Waals surface area contributed by atoms with Gasteiger partial charge in [0.25, 0.3) is 16.6 Å². The predicted octanol–water partition coefficient (Wildman–Crippen LogP) is 7.80. The Kier molecular flexibility index (Phi) is 9.96. The first kappa shape index (κ1) is 30.4. The van der Waals surface area contributed by atoms with E-state index in [0.717, 1.165) is 17.1 Å². The van der Waals surface area contributed by atoms with Crippen LogP contribution in [-0.2, 0) is 6.61 Å². The van der Waals surface area contributed by atoms with Gasteiger partial charge in [-0.25, -0.2) is 4.98 Å². The quantitative estimate of drug-likeness (QED) is 0.309. The number of rotatable bonds is 7. The van der Waals surface area contributed by atoms with Crippen LogP contribution in [0.3, 0.4) is 0 Å². The fourth-order valence-electron chi connectivity index (χ4n) is 2.60. The molecule has 0 aliphatic rings. The second kappa shape index (κ2) is 12.1. The van der Waals surface area contributed by atoms with Crippen LogP contribution in [0.5, 0.6) is 17.4 Å². The molecule has 0 saturated heterocycles. The van der Waals surface area contributed by atoms with E-state index in [9.17, 15) is 4.79 Å². The minimum absolute atomic E-state index is 0.0995. The Morgan fingerprint density at radius 3 is 1.76 bits per heavy atom. The summed E-state index contributed by atoms with van der Waals surface area (Å²) in [6.07, 6.45) is 3.38. The molecule has 0 spiro atoms. The number of benzene rings is 1. The Morgan fingerprint density at radius 2 is 1.30 bits per heavy atom. The molecule has 2 heterocycles. The van der Waals surface area contributed by atoms with Crippen LogP contribution in [0.25, 0.3) is 0 Å². The zero-order chi connectivity index (χ0) is 27.9. The van der Waals surface area contributed by atoms with E-state index in [-0.39, 0.29) is 15.6 Å². The molecule has 0 bridgehead atoms. The van der Waals surface area contributed by atoms with Crippen molar-refractivity contribution in [3.63, 3.8) is 0 Å². The summed E-state index contributed by atoms with van der Waals surface area (Å²) < 4.78 is 17.9. The maximum absolute atomic E-state index is 10.9. The highest BCUT2D eigenvalue weighted by atomic mass is 28.4. The van der Waals surface area contributed by atoms with Crippen LogP contribution in [0.15, 0.2) is 71.8 Å². The lowest BCUT2D eigenvalue weighted by molar-refractivity contribution is 0.293. The van der Waals surface area contributed by atoms with Crippen LogP contribution < -0.4 is 19.1 Å². The Balaban J connectivity index is 0.000000281. The predicted molar refractivity (Wildman–Crippen MR) is 158 cm³/mol. The number of H-pyrrole nitrogens is 1. The summed E-state index contributed by atoms with van der Waals surface area (Å²) in [6.45, 7) is 22.6. The van der Waals surface area contributed by atoms with E-state index in [2.05, 4.69) is 77.7 Å². The van der Waals surface area contributed by atoms with Crippen molar-refractivity contribution >= 4 is 16.6 Å². The first-order chi connectivity index (χ1) is 17.0. The topological polar surface area (TPSA) is 73.4 Å². The van der Waals surface area contributed by atoms with Crippen LogP contribution in [0.2, 0.25) is 36.3 Å². The number of nitrogens with zero attached hydrogens (tertiary/aromatic N) is 1. The summed E-state index contributed by atoms with van der Waals surface area (Å²) in [5.41, 5.74) is 1.03. The number of hydrogen-bond acceptors (Lipinski definition) is 5. The smallest absolute Gasteiger partial charge is 0.250 e. The van der Waals surface area contributed by atoms with E-state index in [1.807, 2.05) is 42.5 Å². The van der Waals surface area contributed by atoms with E-state index in [1.54, 1.807) is 18.5 Å². The lowest BCUT2D eigenvalue weighted by atomic mass is 10.2. The molecule has 1 aromatic carbocycles. The minimum atomic E-state index is -1.82. The Labute approximate surface area is 224 Å². The second-order valence-corrected chi connectivity index (χ2v) is 21.7. The number of nitrogens with one attached hydrogen (secondary N) is 1. The monoisotopic (exact) mass is 540 g/mol. The van der Waals surface area contributed by atoms with Gasteiger partial charge >= 0.3 is 0 Å². The van der Waals surface area contributed by atoms with Gasteiger partial charge < -0.3 is 18.6 Å². The van der Waals surface area contributed by atoms with Crippen LogP contribution in [0.4, 0.5) is 0 Å². The van der Waals surface area contributed by atoms with E-state index in [4.69, 9.17) is 13.6 Å². The average Bonchev–Trinajstić information content (AvgIpc) is 2.79. The van der Waals surface area contributed by atoms with Crippen molar-refractivity contribution in [2.45, 2.75) is 84.4 Å². The maximum Gasteiger partial charge on any atom is 0.250 e. The third-order valence-corrected chi connectivity index (χ3v) is 15.8. The van der Waals surface area contributed by atoms with Crippen molar-refractivity contribution in [2.24, 2.45) is 0 Å². The molecule has 8 heteroatoms. The van der Waals surface area contributed by atoms with Gasteiger partial charge in [0.15, 0.2) is 0 Å². The molecule has 2 aromatic heterocycles. The molecule has 0 saturated carbocycles. The number of pyridine rings is 2. The van der Waals surface area contributed by atoms with E-state index in [1.165, 1.54) is 6.07 Å². The molecule has 3 rings (SSSR count). The summed E-state index contributed by atoms with van der Waals surface area (Å²) in [6, 6.07) is 17.1. The Morgan fingerprint density at radius 1 is 0.757 bits per heavy atom. The molecule has 6 nitrogen and oxygen atoms in total. The molecule has 0 unspecified atom stereocenters.